The summed E-state index contributed by atoms with van der Waals surface area (Å²) in [6, 6.07) is 4.28. The Morgan fingerprint density at radius 3 is 2.88 bits per heavy atom. The molecule has 0 aliphatic carbocycles. The van der Waals surface area contributed by atoms with Gasteiger partial charge >= 0.3 is 0 Å². The number of rotatable bonds is 6. The highest BCUT2D eigenvalue weighted by molar-refractivity contribution is 7.99. The Labute approximate surface area is 107 Å². The van der Waals surface area contributed by atoms with E-state index in [-0.39, 0.29) is 0 Å². The zero-order valence-electron chi connectivity index (χ0n) is 10.0. The van der Waals surface area contributed by atoms with Gasteiger partial charge in [0.25, 0.3) is 0 Å². The Bertz CT molecular complexity index is 320. The minimum absolute atomic E-state index is 0.515. The van der Waals surface area contributed by atoms with Crippen LogP contribution < -0.4 is 5.32 Å². The van der Waals surface area contributed by atoms with E-state index in [4.69, 9.17) is 11.6 Å². The molecule has 1 rings (SSSR count). The van der Waals surface area contributed by atoms with Crippen LogP contribution in [0.5, 0.6) is 0 Å². The number of nitrogens with zero attached hydrogens (tertiary/aromatic N) is 1. The summed E-state index contributed by atoms with van der Waals surface area (Å²) in [6.45, 7) is 7.57. The Morgan fingerprint density at radius 2 is 2.25 bits per heavy atom. The van der Waals surface area contributed by atoms with Crippen LogP contribution in [-0.2, 0) is 0 Å². The average molecular weight is 259 g/mol. The maximum Gasteiger partial charge on any atom is 0.115 e. The number of halogens is 1. The number of aromatic nitrogens is 1. The monoisotopic (exact) mass is 258 g/mol. The molecule has 0 amide bonds. The molecule has 0 aliphatic heterocycles. The third-order valence-corrected chi connectivity index (χ3v) is 3.84. The molecule has 90 valence electrons. The van der Waals surface area contributed by atoms with Crippen molar-refractivity contribution in [2.75, 3.05) is 6.54 Å². The smallest absolute Gasteiger partial charge is 0.115 e. The van der Waals surface area contributed by atoms with Gasteiger partial charge in [-0.2, -0.15) is 0 Å². The van der Waals surface area contributed by atoms with Gasteiger partial charge in [-0.25, -0.2) is 4.98 Å². The van der Waals surface area contributed by atoms with Crippen LogP contribution in [0.3, 0.4) is 0 Å². The van der Waals surface area contributed by atoms with Crippen LogP contribution in [0.15, 0.2) is 23.4 Å². The van der Waals surface area contributed by atoms with E-state index in [9.17, 15) is 0 Å². The lowest BCUT2D eigenvalue weighted by Gasteiger charge is -2.17. The predicted octanol–water partition coefficient (Wildman–Crippen LogP) is 3.60. The van der Waals surface area contributed by atoms with E-state index >= 15 is 0 Å². The van der Waals surface area contributed by atoms with E-state index in [1.54, 1.807) is 18.0 Å². The van der Waals surface area contributed by atoms with Gasteiger partial charge in [0.1, 0.15) is 5.03 Å². The van der Waals surface area contributed by atoms with E-state index in [2.05, 4.69) is 31.1 Å². The fourth-order valence-electron chi connectivity index (χ4n) is 1.63. The highest BCUT2D eigenvalue weighted by Gasteiger charge is 2.11. The van der Waals surface area contributed by atoms with Gasteiger partial charge in [0.05, 0.1) is 5.02 Å². The molecule has 16 heavy (non-hydrogen) atoms. The summed E-state index contributed by atoms with van der Waals surface area (Å²) in [5.74, 6) is 0. The van der Waals surface area contributed by atoms with Crippen molar-refractivity contribution < 1.29 is 0 Å². The van der Waals surface area contributed by atoms with Gasteiger partial charge in [-0.3, -0.25) is 0 Å². The topological polar surface area (TPSA) is 24.9 Å². The maximum absolute atomic E-state index is 6.07. The fraction of sp³-hybridized carbons (Fsp3) is 0.583. The summed E-state index contributed by atoms with van der Waals surface area (Å²) in [7, 11) is 0. The molecule has 0 spiro atoms. The summed E-state index contributed by atoms with van der Waals surface area (Å²) in [4.78, 5) is 4.28. The van der Waals surface area contributed by atoms with E-state index < -0.39 is 0 Å². The lowest BCUT2D eigenvalue weighted by Crippen LogP contribution is -2.28. The quantitative estimate of drug-likeness (QED) is 0.790. The molecule has 0 aliphatic rings. The normalized spacial score (nSPS) is 14.8. The highest BCUT2D eigenvalue weighted by atomic mass is 35.5. The molecule has 1 aromatic rings. The number of thioether (sulfide) groups is 1. The van der Waals surface area contributed by atoms with Gasteiger partial charge in [0, 0.05) is 17.5 Å². The zero-order chi connectivity index (χ0) is 12.0. The Kier molecular flexibility index (Phi) is 6.17. The summed E-state index contributed by atoms with van der Waals surface area (Å²) >= 11 is 7.81. The largest absolute Gasteiger partial charge is 0.314 e. The molecule has 0 aromatic carbocycles. The molecule has 1 N–H and O–H groups in total. The minimum Gasteiger partial charge on any atom is -0.314 e. The SMILES string of the molecule is CCNC(C)CC(C)Sc1ncccc1Cl. The van der Waals surface area contributed by atoms with Gasteiger partial charge in [0.2, 0.25) is 0 Å². The van der Waals surface area contributed by atoms with Crippen LogP contribution in [0.4, 0.5) is 0 Å². The van der Waals surface area contributed by atoms with Crippen LogP contribution in [0.2, 0.25) is 5.02 Å². The molecule has 1 aromatic heterocycles. The first kappa shape index (κ1) is 13.8. The summed E-state index contributed by atoms with van der Waals surface area (Å²) in [5.41, 5.74) is 0. The van der Waals surface area contributed by atoms with Crippen molar-refractivity contribution in [3.63, 3.8) is 0 Å². The number of nitrogens with one attached hydrogen (secondary N) is 1. The fourth-order valence-corrected chi connectivity index (χ4v) is 2.95. The lowest BCUT2D eigenvalue weighted by atomic mass is 10.2. The van der Waals surface area contributed by atoms with E-state index in [1.807, 2.05) is 12.1 Å². The summed E-state index contributed by atoms with van der Waals surface area (Å²) in [6.07, 6.45) is 2.90. The second-order valence-electron chi connectivity index (χ2n) is 3.91. The first-order chi connectivity index (χ1) is 7.63. The molecule has 0 bridgehead atoms. The zero-order valence-corrected chi connectivity index (χ0v) is 11.6. The second kappa shape index (κ2) is 7.15. The molecule has 0 saturated carbocycles. The molecule has 0 radical (unpaired) electrons. The van der Waals surface area contributed by atoms with E-state index in [1.165, 1.54) is 0 Å². The maximum atomic E-state index is 6.07. The van der Waals surface area contributed by atoms with Crippen molar-refractivity contribution >= 4 is 23.4 Å². The van der Waals surface area contributed by atoms with Gasteiger partial charge in [-0.05, 0) is 32.0 Å². The number of hydrogen-bond donors (Lipinski definition) is 1. The molecular formula is C12H19ClN2S. The van der Waals surface area contributed by atoms with Crippen molar-refractivity contribution in [2.24, 2.45) is 0 Å². The standard InChI is InChI=1S/C12H19ClN2S/c1-4-14-9(2)8-10(3)16-12-11(13)6-5-7-15-12/h5-7,9-10,14H,4,8H2,1-3H3. The molecule has 2 unspecified atom stereocenters. The van der Waals surface area contributed by atoms with Gasteiger partial charge < -0.3 is 5.32 Å². The van der Waals surface area contributed by atoms with Crippen molar-refractivity contribution in [3.05, 3.63) is 23.4 Å². The van der Waals surface area contributed by atoms with Crippen molar-refractivity contribution in [1.82, 2.24) is 10.3 Å². The van der Waals surface area contributed by atoms with Crippen LogP contribution >= 0.6 is 23.4 Å². The van der Waals surface area contributed by atoms with Crippen LogP contribution in [-0.4, -0.2) is 22.8 Å². The Balaban J connectivity index is 2.45. The highest BCUT2D eigenvalue weighted by Crippen LogP contribution is 2.29. The third kappa shape index (κ3) is 4.73. The van der Waals surface area contributed by atoms with Crippen LogP contribution in [0.1, 0.15) is 27.2 Å². The summed E-state index contributed by atoms with van der Waals surface area (Å²) in [5, 5.41) is 5.60. The van der Waals surface area contributed by atoms with E-state index in [0.717, 1.165) is 23.0 Å². The van der Waals surface area contributed by atoms with Gasteiger partial charge in [0.15, 0.2) is 0 Å². The molecule has 0 fully saturated rings. The second-order valence-corrected chi connectivity index (χ2v) is 5.75. The van der Waals surface area contributed by atoms with Gasteiger partial charge in [-0.1, -0.05) is 25.4 Å². The molecule has 0 saturated heterocycles. The van der Waals surface area contributed by atoms with Crippen LogP contribution in [0.25, 0.3) is 0 Å². The number of pyridine rings is 1. The number of hydrogen-bond acceptors (Lipinski definition) is 3. The predicted molar refractivity (Wildman–Crippen MR) is 72.3 cm³/mol. The van der Waals surface area contributed by atoms with Crippen molar-refractivity contribution in [2.45, 2.75) is 43.5 Å². The third-order valence-electron chi connectivity index (χ3n) is 2.28. The lowest BCUT2D eigenvalue weighted by molar-refractivity contribution is 0.530. The van der Waals surface area contributed by atoms with E-state index in [0.29, 0.717) is 11.3 Å². The van der Waals surface area contributed by atoms with Crippen LogP contribution in [0, 0.1) is 0 Å². The molecule has 4 heteroatoms. The molecule has 1 heterocycles. The van der Waals surface area contributed by atoms with Crippen molar-refractivity contribution in [1.29, 1.82) is 0 Å². The molecular weight excluding hydrogens is 240 g/mol. The Hall–Kier alpha value is -0.250. The summed E-state index contributed by atoms with van der Waals surface area (Å²) < 4.78 is 0. The molecule has 2 atom stereocenters. The molecule has 2 nitrogen and oxygen atoms in total. The first-order valence-corrected chi connectivity index (χ1v) is 6.89. The first-order valence-electron chi connectivity index (χ1n) is 5.64. The minimum atomic E-state index is 0.515. The van der Waals surface area contributed by atoms with Crippen molar-refractivity contribution in [3.8, 4) is 0 Å². The average Bonchev–Trinajstić information content (AvgIpc) is 2.21. The Morgan fingerprint density at radius 1 is 1.50 bits per heavy atom. The van der Waals surface area contributed by atoms with Gasteiger partial charge in [-0.15, -0.1) is 11.8 Å².